The van der Waals surface area contributed by atoms with Gasteiger partial charge in [-0.15, -0.1) is 22.7 Å². The third kappa shape index (κ3) is 2.59. The molecular formula is C10H7F3N2O2S3. The van der Waals surface area contributed by atoms with Crippen LogP contribution in [0.1, 0.15) is 15.6 Å². The number of hydrogen-bond acceptors (Lipinski definition) is 6. The molecule has 10 heteroatoms. The van der Waals surface area contributed by atoms with Crippen LogP contribution in [0, 0.1) is 0 Å². The van der Waals surface area contributed by atoms with E-state index in [-0.39, 0.29) is 17.2 Å². The van der Waals surface area contributed by atoms with Gasteiger partial charge < -0.3 is 0 Å². The lowest BCUT2D eigenvalue weighted by Gasteiger charge is -2.09. The number of fused-ring (bicyclic) bond motifs is 1. The topological polar surface area (TPSA) is 59.9 Å². The van der Waals surface area contributed by atoms with Gasteiger partial charge in [-0.2, -0.15) is 13.2 Å². The lowest BCUT2D eigenvalue weighted by atomic mass is 10.3. The zero-order valence-electron chi connectivity index (χ0n) is 9.77. The van der Waals surface area contributed by atoms with Gasteiger partial charge in [0, 0.05) is 16.7 Å². The summed E-state index contributed by atoms with van der Waals surface area (Å²) in [7, 11) is -3.11. The molecule has 0 radical (unpaired) electrons. The highest BCUT2D eigenvalue weighted by atomic mass is 32.2. The second kappa shape index (κ2) is 4.50. The highest BCUT2D eigenvalue weighted by molar-refractivity contribution is 7.90. The van der Waals surface area contributed by atoms with Gasteiger partial charge in [-0.1, -0.05) is 0 Å². The second-order valence-electron chi connectivity index (χ2n) is 4.27. The number of halogens is 3. The molecule has 4 nitrogen and oxygen atoms in total. The number of thiazole rings is 2. The van der Waals surface area contributed by atoms with Crippen LogP contribution in [0.3, 0.4) is 0 Å². The lowest BCUT2D eigenvalue weighted by molar-refractivity contribution is -0.137. The fourth-order valence-electron chi connectivity index (χ4n) is 1.83. The predicted molar refractivity (Wildman–Crippen MR) is 69.4 cm³/mol. The summed E-state index contributed by atoms with van der Waals surface area (Å²) >= 11 is 1.61. The maximum absolute atomic E-state index is 12.5. The summed E-state index contributed by atoms with van der Waals surface area (Å²) in [6, 6.07) is 0. The van der Waals surface area contributed by atoms with Gasteiger partial charge in [0.2, 0.25) is 0 Å². The molecule has 108 valence electrons. The fraction of sp³-hybridized carbons (Fsp3) is 0.400. The smallest absolute Gasteiger partial charge is 0.239 e. The van der Waals surface area contributed by atoms with E-state index in [1.807, 2.05) is 0 Å². The summed E-state index contributed by atoms with van der Waals surface area (Å²) in [5.41, 5.74) is 0.806. The summed E-state index contributed by atoms with van der Waals surface area (Å²) in [5, 5.41) is 0.717. The average molecular weight is 340 g/mol. The number of aromatic nitrogens is 2. The molecule has 20 heavy (non-hydrogen) atoms. The zero-order valence-corrected chi connectivity index (χ0v) is 12.2. The quantitative estimate of drug-likeness (QED) is 0.801. The van der Waals surface area contributed by atoms with Crippen molar-refractivity contribution in [1.82, 2.24) is 9.97 Å². The van der Waals surface area contributed by atoms with E-state index in [0.717, 1.165) is 11.3 Å². The highest BCUT2D eigenvalue weighted by Gasteiger charge is 2.35. The molecule has 3 rings (SSSR count). The second-order valence-corrected chi connectivity index (χ2v) is 8.39. The predicted octanol–water partition coefficient (Wildman–Crippen LogP) is 2.76. The van der Waals surface area contributed by atoms with Crippen LogP contribution in [0.4, 0.5) is 13.2 Å². The normalized spacial score (nSPS) is 17.9. The van der Waals surface area contributed by atoms with Gasteiger partial charge in [0.05, 0.1) is 17.2 Å². The molecule has 2 aromatic rings. The van der Waals surface area contributed by atoms with Gasteiger partial charge in [0.1, 0.15) is 10.7 Å². The summed E-state index contributed by atoms with van der Waals surface area (Å²) in [4.78, 5) is 8.34. The summed E-state index contributed by atoms with van der Waals surface area (Å²) in [5.74, 6) is -0.0513. The van der Waals surface area contributed by atoms with Crippen LogP contribution >= 0.6 is 22.7 Å². The Morgan fingerprint density at radius 3 is 2.65 bits per heavy atom. The fourth-order valence-corrected chi connectivity index (χ4v) is 5.43. The number of aryl methyl sites for hydroxylation is 1. The minimum absolute atomic E-state index is 0.0358. The first-order valence-electron chi connectivity index (χ1n) is 5.47. The first-order valence-corrected chi connectivity index (χ1v) is 8.98. The summed E-state index contributed by atoms with van der Waals surface area (Å²) < 4.78 is 60.5. The van der Waals surface area contributed by atoms with Crippen molar-refractivity contribution in [2.45, 2.75) is 18.3 Å². The molecule has 0 fully saturated rings. The van der Waals surface area contributed by atoms with Gasteiger partial charge in [-0.05, 0) is 0 Å². The summed E-state index contributed by atoms with van der Waals surface area (Å²) in [6.07, 6.45) is -4.16. The number of hydrogen-bond donors (Lipinski definition) is 0. The molecule has 0 bridgehead atoms. The average Bonchev–Trinajstić information content (AvgIpc) is 2.90. The van der Waals surface area contributed by atoms with Crippen molar-refractivity contribution in [1.29, 1.82) is 0 Å². The maximum Gasteiger partial charge on any atom is 0.443 e. The Hall–Kier alpha value is -1.00. The van der Waals surface area contributed by atoms with Gasteiger partial charge in [-0.25, -0.2) is 18.4 Å². The van der Waals surface area contributed by atoms with Crippen molar-refractivity contribution in [2.75, 3.05) is 5.75 Å². The molecule has 0 aliphatic carbocycles. The first-order chi connectivity index (χ1) is 9.24. The van der Waals surface area contributed by atoms with Crippen LogP contribution in [0.5, 0.6) is 0 Å². The number of sulfone groups is 1. The minimum atomic E-state index is -4.47. The molecule has 3 heterocycles. The molecule has 0 aromatic carbocycles. The van der Waals surface area contributed by atoms with Crippen molar-refractivity contribution in [3.63, 3.8) is 0 Å². The van der Waals surface area contributed by atoms with Crippen molar-refractivity contribution in [3.8, 4) is 10.7 Å². The van der Waals surface area contributed by atoms with Gasteiger partial charge in [0.25, 0.3) is 0 Å². The summed E-state index contributed by atoms with van der Waals surface area (Å²) in [6.45, 7) is 0. The van der Waals surface area contributed by atoms with Crippen LogP contribution in [0.25, 0.3) is 10.7 Å². The van der Waals surface area contributed by atoms with Crippen molar-refractivity contribution >= 4 is 32.5 Å². The SMILES string of the molecule is O=S1(=O)CCc2nc(-c3csc(C(F)(F)F)n3)sc2C1. The third-order valence-electron chi connectivity index (χ3n) is 2.74. The van der Waals surface area contributed by atoms with Gasteiger partial charge in [0.15, 0.2) is 14.8 Å². The minimum Gasteiger partial charge on any atom is -0.239 e. The van der Waals surface area contributed by atoms with E-state index in [9.17, 15) is 21.6 Å². The molecule has 0 unspecified atom stereocenters. The van der Waals surface area contributed by atoms with E-state index in [0.29, 0.717) is 33.3 Å². The molecule has 1 aliphatic heterocycles. The van der Waals surface area contributed by atoms with Gasteiger partial charge in [-0.3, -0.25) is 0 Å². The molecular weight excluding hydrogens is 333 g/mol. The monoisotopic (exact) mass is 340 g/mol. The molecule has 0 amide bonds. The Morgan fingerprint density at radius 1 is 1.25 bits per heavy atom. The Bertz CT molecular complexity index is 761. The van der Waals surface area contributed by atoms with Crippen LogP contribution < -0.4 is 0 Å². The Kier molecular flexibility index (Phi) is 3.14. The van der Waals surface area contributed by atoms with E-state index in [1.54, 1.807) is 0 Å². The van der Waals surface area contributed by atoms with Crippen LogP contribution in [0.15, 0.2) is 5.38 Å². The van der Waals surface area contributed by atoms with Gasteiger partial charge >= 0.3 is 6.18 Å². The van der Waals surface area contributed by atoms with E-state index in [1.165, 1.54) is 5.38 Å². The number of alkyl halides is 3. The zero-order chi connectivity index (χ0) is 14.5. The van der Waals surface area contributed by atoms with E-state index < -0.39 is 21.0 Å². The molecule has 0 spiro atoms. The largest absolute Gasteiger partial charge is 0.443 e. The Labute approximate surface area is 120 Å². The van der Waals surface area contributed by atoms with Crippen molar-refractivity contribution in [3.05, 3.63) is 21.0 Å². The van der Waals surface area contributed by atoms with E-state index in [2.05, 4.69) is 9.97 Å². The third-order valence-corrected chi connectivity index (χ3v) is 6.49. The molecule has 0 saturated carbocycles. The van der Waals surface area contributed by atoms with Crippen molar-refractivity contribution < 1.29 is 21.6 Å². The Morgan fingerprint density at radius 2 is 2.00 bits per heavy atom. The molecule has 0 N–H and O–H groups in total. The standard InChI is InChI=1S/C10H7F3N2O2S3/c11-10(12,13)9-15-6(3-18-9)8-14-5-1-2-20(16,17)4-7(5)19-8/h3H,1-2,4H2. The maximum atomic E-state index is 12.5. The number of rotatable bonds is 1. The molecule has 0 saturated heterocycles. The highest BCUT2D eigenvalue weighted by Crippen LogP contribution is 2.37. The van der Waals surface area contributed by atoms with Crippen LogP contribution in [-0.2, 0) is 28.2 Å². The number of nitrogens with zero attached hydrogens (tertiary/aromatic N) is 2. The molecule has 0 atom stereocenters. The Balaban J connectivity index is 1.97. The van der Waals surface area contributed by atoms with Crippen LogP contribution in [0.2, 0.25) is 0 Å². The lowest BCUT2D eigenvalue weighted by Crippen LogP contribution is -2.17. The van der Waals surface area contributed by atoms with E-state index >= 15 is 0 Å². The van der Waals surface area contributed by atoms with E-state index in [4.69, 9.17) is 0 Å². The molecule has 2 aromatic heterocycles. The first kappa shape index (κ1) is 14.0. The van der Waals surface area contributed by atoms with Crippen molar-refractivity contribution in [2.24, 2.45) is 0 Å². The van der Waals surface area contributed by atoms with Crippen LogP contribution in [-0.4, -0.2) is 24.1 Å². The molecule has 1 aliphatic rings.